The van der Waals surface area contributed by atoms with Crippen molar-refractivity contribution in [1.29, 1.82) is 5.26 Å². The summed E-state index contributed by atoms with van der Waals surface area (Å²) < 4.78 is 16.9. The van der Waals surface area contributed by atoms with Crippen LogP contribution in [0.5, 0.6) is 0 Å². The monoisotopic (exact) mass is 283 g/mol. The predicted molar refractivity (Wildman–Crippen MR) is 80.3 cm³/mol. The third-order valence-corrected chi connectivity index (χ3v) is 2.78. The minimum Gasteiger partial charge on any atom is -0.358 e. The molecule has 0 heterocycles. The highest BCUT2D eigenvalue weighted by Gasteiger charge is 2.23. The molecule has 0 rings (SSSR count). The molecule has 2 atom stereocenters. The van der Waals surface area contributed by atoms with Crippen LogP contribution < -0.4 is 0 Å². The van der Waals surface area contributed by atoms with Gasteiger partial charge in [0.1, 0.15) is 0 Å². The van der Waals surface area contributed by atoms with Gasteiger partial charge >= 0.3 is 0 Å². The van der Waals surface area contributed by atoms with Crippen LogP contribution in [0.3, 0.4) is 0 Å². The zero-order valence-corrected chi connectivity index (χ0v) is 13.0. The Kier molecular flexibility index (Phi) is 13.9. The van der Waals surface area contributed by atoms with Crippen molar-refractivity contribution >= 4 is 0 Å². The minimum atomic E-state index is -0.651. The van der Waals surface area contributed by atoms with Crippen molar-refractivity contribution in [1.82, 2.24) is 0 Å². The highest BCUT2D eigenvalue weighted by Crippen LogP contribution is 2.09. The largest absolute Gasteiger partial charge is 0.358 e. The molecule has 4 nitrogen and oxygen atoms in total. The van der Waals surface area contributed by atoms with Crippen LogP contribution in [-0.2, 0) is 14.2 Å². The standard InChI is InChI=1S/C16H29NO3/c1-4-7-10-13-20-16(19-12-9-6-3)15(14-17)18-11-8-5-2/h4,15-16H,1,5-13H2,2-3H3. The van der Waals surface area contributed by atoms with Crippen LogP contribution in [0.25, 0.3) is 0 Å². The summed E-state index contributed by atoms with van der Waals surface area (Å²) in [6.45, 7) is 9.58. The first-order valence-corrected chi connectivity index (χ1v) is 7.65. The summed E-state index contributed by atoms with van der Waals surface area (Å²) in [5.74, 6) is 0. The molecule has 0 bridgehead atoms. The van der Waals surface area contributed by atoms with Gasteiger partial charge in [0, 0.05) is 13.2 Å². The van der Waals surface area contributed by atoms with E-state index >= 15 is 0 Å². The molecule has 0 aromatic rings. The van der Waals surface area contributed by atoms with E-state index in [4.69, 9.17) is 14.2 Å². The Morgan fingerprint density at radius 2 is 1.55 bits per heavy atom. The third-order valence-electron chi connectivity index (χ3n) is 2.78. The first-order valence-electron chi connectivity index (χ1n) is 7.65. The zero-order valence-electron chi connectivity index (χ0n) is 13.0. The second-order valence-electron chi connectivity index (χ2n) is 4.67. The van der Waals surface area contributed by atoms with Gasteiger partial charge in [-0.25, -0.2) is 0 Å². The molecule has 0 aromatic carbocycles. The van der Waals surface area contributed by atoms with Crippen LogP contribution in [0.1, 0.15) is 52.4 Å². The van der Waals surface area contributed by atoms with Gasteiger partial charge in [0.05, 0.1) is 12.7 Å². The fourth-order valence-electron chi connectivity index (χ4n) is 1.53. The lowest BCUT2D eigenvalue weighted by Crippen LogP contribution is -2.34. The molecule has 0 radical (unpaired) electrons. The van der Waals surface area contributed by atoms with Crippen molar-refractivity contribution in [2.45, 2.75) is 64.8 Å². The van der Waals surface area contributed by atoms with Gasteiger partial charge in [-0.3, -0.25) is 0 Å². The smallest absolute Gasteiger partial charge is 0.197 e. The summed E-state index contributed by atoms with van der Waals surface area (Å²) in [5, 5.41) is 9.20. The van der Waals surface area contributed by atoms with E-state index in [1.165, 1.54) is 0 Å². The van der Waals surface area contributed by atoms with E-state index in [0.717, 1.165) is 38.5 Å². The van der Waals surface area contributed by atoms with Gasteiger partial charge in [0.2, 0.25) is 0 Å². The van der Waals surface area contributed by atoms with E-state index in [1.807, 2.05) is 6.08 Å². The molecule has 0 fully saturated rings. The average molecular weight is 283 g/mol. The van der Waals surface area contributed by atoms with E-state index in [1.54, 1.807) is 0 Å². The SMILES string of the molecule is C=CCCCOC(OCCCC)C(C#N)OCCCC. The molecule has 20 heavy (non-hydrogen) atoms. The Bertz CT molecular complexity index is 263. The van der Waals surface area contributed by atoms with Gasteiger partial charge in [-0.15, -0.1) is 6.58 Å². The zero-order chi connectivity index (χ0) is 15.1. The molecular formula is C16H29NO3. The summed E-state index contributed by atoms with van der Waals surface area (Å²) in [5.41, 5.74) is 0. The molecule has 2 unspecified atom stereocenters. The number of allylic oxidation sites excluding steroid dienone is 1. The molecule has 0 amide bonds. The average Bonchev–Trinajstić information content (AvgIpc) is 2.47. The second kappa shape index (κ2) is 14.5. The van der Waals surface area contributed by atoms with Crippen LogP contribution in [0, 0.1) is 11.3 Å². The lowest BCUT2D eigenvalue weighted by molar-refractivity contribution is -0.193. The highest BCUT2D eigenvalue weighted by atomic mass is 16.7. The molecule has 4 heteroatoms. The summed E-state index contributed by atoms with van der Waals surface area (Å²) in [7, 11) is 0. The summed E-state index contributed by atoms with van der Waals surface area (Å²) in [6, 6.07) is 2.14. The van der Waals surface area contributed by atoms with Crippen molar-refractivity contribution in [3.8, 4) is 6.07 Å². The predicted octanol–water partition coefficient (Wildman–Crippen LogP) is 3.82. The molecule has 0 spiro atoms. The van der Waals surface area contributed by atoms with Crippen molar-refractivity contribution in [3.05, 3.63) is 12.7 Å². The van der Waals surface area contributed by atoms with Gasteiger partial charge in [0.25, 0.3) is 0 Å². The maximum atomic E-state index is 9.20. The molecule has 0 saturated carbocycles. The van der Waals surface area contributed by atoms with Crippen LogP contribution >= 0.6 is 0 Å². The number of hydrogen-bond acceptors (Lipinski definition) is 4. The molecule has 116 valence electrons. The molecule has 0 N–H and O–H groups in total. The number of rotatable bonds is 14. The number of nitrogens with zero attached hydrogens (tertiary/aromatic N) is 1. The van der Waals surface area contributed by atoms with Gasteiger partial charge in [-0.2, -0.15) is 5.26 Å². The quantitative estimate of drug-likeness (QED) is 0.276. The fraction of sp³-hybridized carbons (Fsp3) is 0.812. The number of hydrogen-bond donors (Lipinski definition) is 0. The van der Waals surface area contributed by atoms with Gasteiger partial charge < -0.3 is 14.2 Å². The summed E-state index contributed by atoms with van der Waals surface area (Å²) >= 11 is 0. The topological polar surface area (TPSA) is 51.5 Å². The van der Waals surface area contributed by atoms with Crippen molar-refractivity contribution in [2.24, 2.45) is 0 Å². The van der Waals surface area contributed by atoms with E-state index in [0.29, 0.717) is 19.8 Å². The van der Waals surface area contributed by atoms with Crippen molar-refractivity contribution in [2.75, 3.05) is 19.8 Å². The summed E-state index contributed by atoms with van der Waals surface area (Å²) in [6.07, 6.45) is 6.39. The van der Waals surface area contributed by atoms with Crippen molar-refractivity contribution < 1.29 is 14.2 Å². The van der Waals surface area contributed by atoms with Gasteiger partial charge in [-0.05, 0) is 25.7 Å². The maximum Gasteiger partial charge on any atom is 0.197 e. The van der Waals surface area contributed by atoms with Crippen molar-refractivity contribution in [3.63, 3.8) is 0 Å². The molecular weight excluding hydrogens is 254 g/mol. The fourth-order valence-corrected chi connectivity index (χ4v) is 1.53. The molecule has 0 aliphatic heterocycles. The highest BCUT2D eigenvalue weighted by molar-refractivity contribution is 4.87. The molecule has 0 saturated heterocycles. The van der Waals surface area contributed by atoms with Gasteiger partial charge in [0.15, 0.2) is 12.4 Å². The van der Waals surface area contributed by atoms with Crippen LogP contribution in [0.4, 0.5) is 0 Å². The molecule has 0 aliphatic carbocycles. The van der Waals surface area contributed by atoms with E-state index < -0.39 is 12.4 Å². The van der Waals surface area contributed by atoms with Crippen LogP contribution in [0.2, 0.25) is 0 Å². The second-order valence-corrected chi connectivity index (χ2v) is 4.67. The Morgan fingerprint density at radius 1 is 1.00 bits per heavy atom. The number of unbranched alkanes of at least 4 members (excludes halogenated alkanes) is 3. The van der Waals surface area contributed by atoms with E-state index in [9.17, 15) is 5.26 Å². The molecule has 0 aromatic heterocycles. The van der Waals surface area contributed by atoms with Crippen LogP contribution in [0.15, 0.2) is 12.7 Å². The number of ether oxygens (including phenoxy) is 3. The van der Waals surface area contributed by atoms with E-state index in [2.05, 4.69) is 26.5 Å². The van der Waals surface area contributed by atoms with Gasteiger partial charge in [-0.1, -0.05) is 32.8 Å². The van der Waals surface area contributed by atoms with E-state index in [-0.39, 0.29) is 0 Å². The Morgan fingerprint density at radius 3 is 2.05 bits per heavy atom. The maximum absolute atomic E-state index is 9.20. The number of nitriles is 1. The summed E-state index contributed by atoms with van der Waals surface area (Å²) in [4.78, 5) is 0. The first-order chi connectivity index (χ1) is 9.79. The Balaban J connectivity index is 4.21. The van der Waals surface area contributed by atoms with Crippen LogP contribution in [-0.4, -0.2) is 32.2 Å². The lowest BCUT2D eigenvalue weighted by atomic mass is 10.3. The Labute approximate surface area is 123 Å². The first kappa shape index (κ1) is 19.1. The minimum absolute atomic E-state index is 0.554. The normalized spacial score (nSPS) is 13.7. The Hall–Kier alpha value is -0.890. The lowest BCUT2D eigenvalue weighted by Gasteiger charge is -2.23. The molecule has 0 aliphatic rings. The third kappa shape index (κ3) is 9.96.